The summed E-state index contributed by atoms with van der Waals surface area (Å²) in [5, 5.41) is 19.2. The fourth-order valence-electron chi connectivity index (χ4n) is 2.02. The molecule has 0 amide bonds. The van der Waals surface area contributed by atoms with Gasteiger partial charge in [-0.3, -0.25) is 0 Å². The Morgan fingerprint density at radius 1 is 1.00 bits per heavy atom. The van der Waals surface area contributed by atoms with Crippen LogP contribution < -0.4 is 4.74 Å². The van der Waals surface area contributed by atoms with E-state index in [0.717, 1.165) is 18.4 Å². The number of hydrogen-bond acceptors (Lipinski definition) is 3. The highest BCUT2D eigenvalue weighted by atomic mass is 16.5. The second kappa shape index (κ2) is 7.85. The summed E-state index contributed by atoms with van der Waals surface area (Å²) in [5.74, 6) is 0.184. The molecule has 0 spiro atoms. The number of ether oxygens (including phenoxy) is 1. The van der Waals surface area contributed by atoms with Crippen LogP contribution >= 0.6 is 0 Å². The van der Waals surface area contributed by atoms with Crippen LogP contribution in [-0.4, -0.2) is 16.8 Å². The van der Waals surface area contributed by atoms with Gasteiger partial charge in [-0.2, -0.15) is 0 Å². The molecular weight excluding hydrogens is 228 g/mol. The molecule has 3 nitrogen and oxygen atoms in total. The van der Waals surface area contributed by atoms with Crippen LogP contribution in [0.1, 0.15) is 51.5 Å². The molecule has 1 rings (SSSR count). The Kier molecular flexibility index (Phi) is 6.40. The quantitative estimate of drug-likeness (QED) is 0.543. The molecule has 1 aromatic carbocycles. The summed E-state index contributed by atoms with van der Waals surface area (Å²) in [7, 11) is 0. The van der Waals surface area contributed by atoms with Gasteiger partial charge < -0.3 is 14.9 Å². The molecule has 0 aliphatic heterocycles. The first-order valence-electron chi connectivity index (χ1n) is 6.87. The number of unbranched alkanes of at least 4 members (excludes halogenated alkanes) is 4. The minimum atomic E-state index is -0.136. The Morgan fingerprint density at radius 3 is 2.39 bits per heavy atom. The van der Waals surface area contributed by atoms with Gasteiger partial charge in [0.25, 0.3) is 0 Å². The fourth-order valence-corrected chi connectivity index (χ4v) is 2.02. The van der Waals surface area contributed by atoms with Crippen LogP contribution in [0.15, 0.2) is 12.1 Å². The minimum Gasteiger partial charge on any atom is -0.504 e. The number of phenols is 2. The van der Waals surface area contributed by atoms with E-state index < -0.39 is 0 Å². The zero-order valence-electron chi connectivity index (χ0n) is 11.4. The number of rotatable bonds is 8. The Labute approximate surface area is 109 Å². The third-order valence-corrected chi connectivity index (χ3v) is 3.03. The topological polar surface area (TPSA) is 49.7 Å². The van der Waals surface area contributed by atoms with Crippen LogP contribution in [0.2, 0.25) is 0 Å². The number of aryl methyl sites for hydroxylation is 1. The van der Waals surface area contributed by atoms with E-state index in [1.165, 1.54) is 31.7 Å². The third-order valence-electron chi connectivity index (χ3n) is 3.03. The highest BCUT2D eigenvalue weighted by Crippen LogP contribution is 2.38. The first-order chi connectivity index (χ1) is 8.70. The number of benzene rings is 1. The van der Waals surface area contributed by atoms with Crippen molar-refractivity contribution in [1.29, 1.82) is 0 Å². The van der Waals surface area contributed by atoms with Gasteiger partial charge >= 0.3 is 0 Å². The van der Waals surface area contributed by atoms with Gasteiger partial charge in [0.05, 0.1) is 6.61 Å². The second-order valence-electron chi connectivity index (χ2n) is 4.52. The number of hydrogen-bond donors (Lipinski definition) is 2. The Morgan fingerprint density at radius 2 is 1.72 bits per heavy atom. The first kappa shape index (κ1) is 14.7. The maximum atomic E-state index is 9.78. The monoisotopic (exact) mass is 252 g/mol. The van der Waals surface area contributed by atoms with Crippen molar-refractivity contribution < 1.29 is 14.9 Å². The number of aromatic hydroxyl groups is 2. The fraction of sp³-hybridized carbons (Fsp3) is 0.600. The number of phenolic OH excluding ortho intramolecular Hbond substituents is 2. The van der Waals surface area contributed by atoms with Crippen molar-refractivity contribution in [1.82, 2.24) is 0 Å². The molecule has 102 valence electrons. The molecule has 0 saturated carbocycles. The normalized spacial score (nSPS) is 10.6. The lowest BCUT2D eigenvalue weighted by molar-refractivity contribution is 0.305. The van der Waals surface area contributed by atoms with Crippen LogP contribution in [0.3, 0.4) is 0 Å². The van der Waals surface area contributed by atoms with Crippen LogP contribution in [0, 0.1) is 0 Å². The van der Waals surface area contributed by atoms with Crippen molar-refractivity contribution in [2.75, 3.05) is 6.61 Å². The highest BCUT2D eigenvalue weighted by molar-refractivity contribution is 5.54. The van der Waals surface area contributed by atoms with Gasteiger partial charge in [-0.25, -0.2) is 0 Å². The maximum Gasteiger partial charge on any atom is 0.200 e. The van der Waals surface area contributed by atoms with Crippen molar-refractivity contribution in [3.63, 3.8) is 0 Å². The van der Waals surface area contributed by atoms with Crippen molar-refractivity contribution >= 4 is 0 Å². The van der Waals surface area contributed by atoms with Gasteiger partial charge in [0.1, 0.15) is 0 Å². The molecule has 0 heterocycles. The SMILES string of the molecule is CCCCCCCc1ccc(O)c(O)c1OCC. The molecule has 1 aromatic rings. The smallest absolute Gasteiger partial charge is 0.200 e. The van der Waals surface area contributed by atoms with Crippen LogP contribution in [0.5, 0.6) is 17.2 Å². The lowest BCUT2D eigenvalue weighted by Gasteiger charge is -2.12. The van der Waals surface area contributed by atoms with E-state index in [1.807, 2.05) is 13.0 Å². The van der Waals surface area contributed by atoms with E-state index in [2.05, 4.69) is 6.92 Å². The predicted molar refractivity (Wildman–Crippen MR) is 73.4 cm³/mol. The van der Waals surface area contributed by atoms with Crippen LogP contribution in [-0.2, 0) is 6.42 Å². The van der Waals surface area contributed by atoms with Crippen molar-refractivity contribution in [2.24, 2.45) is 0 Å². The van der Waals surface area contributed by atoms with Gasteiger partial charge in [-0.15, -0.1) is 0 Å². The summed E-state index contributed by atoms with van der Waals surface area (Å²) >= 11 is 0. The molecular formula is C15H24O3. The Balaban J connectivity index is 2.61. The van der Waals surface area contributed by atoms with Crippen LogP contribution in [0.25, 0.3) is 0 Å². The molecule has 0 saturated heterocycles. The lowest BCUT2D eigenvalue weighted by atomic mass is 10.0. The zero-order chi connectivity index (χ0) is 13.4. The molecule has 0 aliphatic rings. The summed E-state index contributed by atoms with van der Waals surface area (Å²) in [6, 6.07) is 3.36. The molecule has 0 unspecified atom stereocenters. The predicted octanol–water partition coefficient (Wildman–Crippen LogP) is 4.01. The van der Waals surface area contributed by atoms with E-state index in [1.54, 1.807) is 0 Å². The summed E-state index contributed by atoms with van der Waals surface area (Å²) in [6.45, 7) is 4.56. The average Bonchev–Trinajstić information content (AvgIpc) is 2.37. The molecule has 0 aliphatic carbocycles. The summed E-state index contributed by atoms with van der Waals surface area (Å²) in [5.41, 5.74) is 0.976. The average molecular weight is 252 g/mol. The molecule has 0 fully saturated rings. The maximum absolute atomic E-state index is 9.78. The van der Waals surface area contributed by atoms with E-state index >= 15 is 0 Å². The molecule has 0 atom stereocenters. The molecule has 0 radical (unpaired) electrons. The molecule has 18 heavy (non-hydrogen) atoms. The van der Waals surface area contributed by atoms with E-state index in [9.17, 15) is 10.2 Å². The Bertz CT molecular complexity index is 361. The van der Waals surface area contributed by atoms with Gasteiger partial charge in [0, 0.05) is 0 Å². The summed E-state index contributed by atoms with van der Waals surface area (Å²) in [6.07, 6.45) is 6.94. The van der Waals surface area contributed by atoms with Crippen molar-refractivity contribution in [2.45, 2.75) is 52.4 Å². The standard InChI is InChI=1S/C15H24O3/c1-3-5-6-7-8-9-12-10-11-13(16)14(17)15(12)18-4-2/h10-11,16-17H,3-9H2,1-2H3. The molecule has 0 aromatic heterocycles. The first-order valence-corrected chi connectivity index (χ1v) is 6.87. The Hall–Kier alpha value is -1.38. The van der Waals surface area contributed by atoms with Crippen molar-refractivity contribution in [3.05, 3.63) is 17.7 Å². The van der Waals surface area contributed by atoms with Gasteiger partial charge in [-0.05, 0) is 31.4 Å². The molecule has 2 N–H and O–H groups in total. The second-order valence-corrected chi connectivity index (χ2v) is 4.52. The van der Waals surface area contributed by atoms with Crippen LogP contribution in [0.4, 0.5) is 0 Å². The lowest BCUT2D eigenvalue weighted by Crippen LogP contribution is -1.97. The molecule has 0 bridgehead atoms. The van der Waals surface area contributed by atoms with E-state index in [4.69, 9.17) is 4.74 Å². The van der Waals surface area contributed by atoms with Crippen molar-refractivity contribution in [3.8, 4) is 17.2 Å². The zero-order valence-corrected chi connectivity index (χ0v) is 11.4. The largest absolute Gasteiger partial charge is 0.504 e. The summed E-state index contributed by atoms with van der Waals surface area (Å²) in [4.78, 5) is 0. The highest BCUT2D eigenvalue weighted by Gasteiger charge is 2.12. The summed E-state index contributed by atoms with van der Waals surface area (Å²) < 4.78 is 5.42. The van der Waals surface area contributed by atoms with E-state index in [0.29, 0.717) is 12.4 Å². The van der Waals surface area contributed by atoms with Gasteiger partial charge in [-0.1, -0.05) is 38.7 Å². The van der Waals surface area contributed by atoms with Gasteiger partial charge in [0.2, 0.25) is 5.75 Å². The third kappa shape index (κ3) is 4.13. The van der Waals surface area contributed by atoms with E-state index in [-0.39, 0.29) is 11.5 Å². The van der Waals surface area contributed by atoms with Gasteiger partial charge in [0.15, 0.2) is 11.5 Å². The minimum absolute atomic E-state index is 0.117. The molecule has 3 heteroatoms.